The van der Waals surface area contributed by atoms with Gasteiger partial charge in [-0.3, -0.25) is 9.78 Å². The van der Waals surface area contributed by atoms with Crippen LogP contribution in [0.1, 0.15) is 47.8 Å². The number of carbonyl (C=O) groups excluding carboxylic acids is 1. The lowest BCUT2D eigenvalue weighted by Gasteiger charge is -2.41. The van der Waals surface area contributed by atoms with Crippen molar-refractivity contribution in [3.05, 3.63) is 46.4 Å². The van der Waals surface area contributed by atoms with Gasteiger partial charge >= 0.3 is 0 Å². The molecular weight excluding hydrogens is 364 g/mol. The maximum Gasteiger partial charge on any atom is 0.223 e. The minimum atomic E-state index is 0.266. The van der Waals surface area contributed by atoms with Crippen LogP contribution in [-0.4, -0.2) is 40.5 Å². The third kappa shape index (κ3) is 3.34. The second kappa shape index (κ2) is 7.32. The molecule has 4 heterocycles. The number of rotatable bonds is 5. The fraction of sp³-hybridized carbons (Fsp3) is 0.522. The van der Waals surface area contributed by atoms with E-state index in [0.717, 1.165) is 43.9 Å². The van der Waals surface area contributed by atoms with E-state index in [1.54, 1.807) is 0 Å². The van der Waals surface area contributed by atoms with E-state index in [1.165, 1.54) is 28.8 Å². The number of carbonyl (C=O) groups is 1. The molecule has 0 atom stereocenters. The summed E-state index contributed by atoms with van der Waals surface area (Å²) in [5.74, 6) is 1.34. The normalized spacial score (nSPS) is 17.9. The van der Waals surface area contributed by atoms with Gasteiger partial charge in [-0.2, -0.15) is 0 Å². The summed E-state index contributed by atoms with van der Waals surface area (Å²) in [7, 11) is 0. The largest absolute Gasteiger partial charge is 0.478 e. The molecule has 1 amide bonds. The number of pyridine rings is 2. The van der Waals surface area contributed by atoms with E-state index in [2.05, 4.69) is 16.8 Å². The van der Waals surface area contributed by atoms with Gasteiger partial charge in [0, 0.05) is 43.7 Å². The van der Waals surface area contributed by atoms with Crippen molar-refractivity contribution in [3.63, 3.8) is 0 Å². The Bertz CT molecular complexity index is 935. The number of aromatic nitrogens is 2. The number of fused-ring (bicyclic) bond motifs is 3. The number of aryl methyl sites for hydroxylation is 1. The molecule has 3 aliphatic rings. The van der Waals surface area contributed by atoms with Crippen LogP contribution in [0.3, 0.4) is 0 Å². The number of ether oxygens (including phenoxy) is 1. The highest BCUT2D eigenvalue weighted by atomic mass is 16.5. The number of amides is 1. The average molecular weight is 393 g/mol. The molecule has 0 N–H and O–H groups in total. The molecule has 0 spiro atoms. The van der Waals surface area contributed by atoms with Crippen molar-refractivity contribution in [2.75, 3.05) is 24.6 Å². The molecule has 152 valence electrons. The summed E-state index contributed by atoms with van der Waals surface area (Å²) in [6, 6.07) is 3.95. The Labute approximate surface area is 171 Å². The molecule has 2 aromatic heterocycles. The lowest BCUT2D eigenvalue weighted by atomic mass is 9.95. The van der Waals surface area contributed by atoms with Gasteiger partial charge in [0.2, 0.25) is 11.8 Å². The van der Waals surface area contributed by atoms with E-state index in [0.29, 0.717) is 31.4 Å². The predicted octanol–water partition coefficient (Wildman–Crippen LogP) is 3.04. The van der Waals surface area contributed by atoms with Crippen LogP contribution < -0.4 is 9.64 Å². The summed E-state index contributed by atoms with van der Waals surface area (Å²) in [5, 5.41) is 0. The molecule has 29 heavy (non-hydrogen) atoms. The summed E-state index contributed by atoms with van der Waals surface area (Å²) < 4.78 is 5.40. The molecule has 6 nitrogen and oxygen atoms in total. The summed E-state index contributed by atoms with van der Waals surface area (Å²) in [5.41, 5.74) is 7.67. The number of nitrogens with zero attached hydrogens (tertiary/aromatic N) is 4. The third-order valence-electron chi connectivity index (χ3n) is 6.51. The number of hydrogen-bond acceptors (Lipinski definition) is 5. The quantitative estimate of drug-likeness (QED) is 0.783. The lowest BCUT2D eigenvalue weighted by molar-refractivity contribution is -0.133. The van der Waals surface area contributed by atoms with Crippen LogP contribution in [0.5, 0.6) is 5.88 Å². The first-order chi connectivity index (χ1) is 14.1. The molecule has 0 radical (unpaired) electrons. The third-order valence-corrected chi connectivity index (χ3v) is 6.51. The Morgan fingerprint density at radius 2 is 2.00 bits per heavy atom. The Hall–Kier alpha value is -2.63. The topological polar surface area (TPSA) is 58.6 Å². The Morgan fingerprint density at radius 1 is 1.17 bits per heavy atom. The van der Waals surface area contributed by atoms with Gasteiger partial charge in [-0.05, 0) is 55.9 Å². The van der Waals surface area contributed by atoms with Gasteiger partial charge in [0.25, 0.3) is 0 Å². The average Bonchev–Trinajstić information content (AvgIpc) is 3.32. The van der Waals surface area contributed by atoms with Crippen molar-refractivity contribution in [1.82, 2.24) is 14.9 Å². The molecule has 2 aliphatic heterocycles. The van der Waals surface area contributed by atoms with Gasteiger partial charge in [-0.25, -0.2) is 4.98 Å². The van der Waals surface area contributed by atoms with Gasteiger partial charge in [0.1, 0.15) is 0 Å². The second-order valence-electron chi connectivity index (χ2n) is 8.45. The standard InChI is InChI=1S/C23H28N4O2/c1-3-29-22-8-7-17(10-24-22)26-11-16(12-26)9-23(28)27-13-20-19-6-4-5-18(19)15(2)25-21(20)14-27/h7-8,10,16H,3-6,9,11-14H2,1-2H3. The highest BCUT2D eigenvalue weighted by Crippen LogP contribution is 2.35. The molecule has 0 saturated carbocycles. The molecule has 1 fully saturated rings. The molecule has 0 unspecified atom stereocenters. The summed E-state index contributed by atoms with van der Waals surface area (Å²) >= 11 is 0. The van der Waals surface area contributed by atoms with Crippen LogP contribution in [0.25, 0.3) is 0 Å². The molecule has 1 aliphatic carbocycles. The molecule has 1 saturated heterocycles. The van der Waals surface area contributed by atoms with Gasteiger partial charge < -0.3 is 14.5 Å². The van der Waals surface area contributed by atoms with Crippen molar-refractivity contribution < 1.29 is 9.53 Å². The zero-order valence-electron chi connectivity index (χ0n) is 17.3. The molecule has 5 rings (SSSR count). The minimum Gasteiger partial charge on any atom is -0.478 e. The minimum absolute atomic E-state index is 0.266. The van der Waals surface area contributed by atoms with Gasteiger partial charge in [0.05, 0.1) is 30.7 Å². The summed E-state index contributed by atoms with van der Waals surface area (Å²) in [4.78, 5) is 26.4. The fourth-order valence-corrected chi connectivity index (χ4v) is 4.99. The van der Waals surface area contributed by atoms with E-state index in [-0.39, 0.29) is 5.91 Å². The zero-order valence-corrected chi connectivity index (χ0v) is 17.3. The summed E-state index contributed by atoms with van der Waals surface area (Å²) in [6.07, 6.45) is 6.00. The van der Waals surface area contributed by atoms with Crippen molar-refractivity contribution in [2.24, 2.45) is 5.92 Å². The highest BCUT2D eigenvalue weighted by molar-refractivity contribution is 5.78. The van der Waals surface area contributed by atoms with Gasteiger partial charge in [-0.1, -0.05) is 0 Å². The Morgan fingerprint density at radius 3 is 2.76 bits per heavy atom. The van der Waals surface area contributed by atoms with Crippen molar-refractivity contribution in [3.8, 4) is 5.88 Å². The van der Waals surface area contributed by atoms with E-state index < -0.39 is 0 Å². The van der Waals surface area contributed by atoms with Crippen LogP contribution in [0, 0.1) is 12.8 Å². The monoisotopic (exact) mass is 392 g/mol. The molecule has 0 aromatic carbocycles. The van der Waals surface area contributed by atoms with Crippen molar-refractivity contribution >= 4 is 11.6 Å². The first-order valence-corrected chi connectivity index (χ1v) is 10.7. The van der Waals surface area contributed by atoms with Crippen molar-refractivity contribution in [2.45, 2.75) is 52.6 Å². The number of anilines is 1. The highest BCUT2D eigenvalue weighted by Gasteiger charge is 2.34. The van der Waals surface area contributed by atoms with Crippen LogP contribution in [0.4, 0.5) is 5.69 Å². The van der Waals surface area contributed by atoms with E-state index >= 15 is 0 Å². The fourth-order valence-electron chi connectivity index (χ4n) is 4.99. The SMILES string of the molecule is CCOc1ccc(N2CC(CC(=O)N3Cc4nc(C)c5c(c4C3)CCC5)C2)cn1. The second-order valence-corrected chi connectivity index (χ2v) is 8.45. The Balaban J connectivity index is 1.16. The lowest BCUT2D eigenvalue weighted by Crippen LogP contribution is -2.48. The van der Waals surface area contributed by atoms with Gasteiger partial charge in [-0.15, -0.1) is 0 Å². The van der Waals surface area contributed by atoms with E-state index in [4.69, 9.17) is 9.72 Å². The van der Waals surface area contributed by atoms with Crippen molar-refractivity contribution in [1.29, 1.82) is 0 Å². The maximum absolute atomic E-state index is 12.9. The molecule has 2 aromatic rings. The smallest absolute Gasteiger partial charge is 0.223 e. The number of hydrogen-bond donors (Lipinski definition) is 0. The summed E-state index contributed by atoms with van der Waals surface area (Å²) in [6.45, 7) is 7.96. The van der Waals surface area contributed by atoms with Crippen LogP contribution >= 0.6 is 0 Å². The van der Waals surface area contributed by atoms with Crippen LogP contribution in [0.15, 0.2) is 18.3 Å². The molecule has 6 heteroatoms. The first kappa shape index (κ1) is 18.4. The Kier molecular flexibility index (Phi) is 4.64. The van der Waals surface area contributed by atoms with E-state index in [9.17, 15) is 4.79 Å². The van der Waals surface area contributed by atoms with E-state index in [1.807, 2.05) is 30.2 Å². The zero-order chi connectivity index (χ0) is 20.0. The maximum atomic E-state index is 12.9. The molecular formula is C23H28N4O2. The predicted molar refractivity (Wildman–Crippen MR) is 111 cm³/mol. The van der Waals surface area contributed by atoms with Crippen LogP contribution in [0.2, 0.25) is 0 Å². The first-order valence-electron chi connectivity index (χ1n) is 10.7. The van der Waals surface area contributed by atoms with Gasteiger partial charge in [0.15, 0.2) is 0 Å². The van der Waals surface area contributed by atoms with Crippen LogP contribution in [-0.2, 0) is 30.7 Å². The molecule has 0 bridgehead atoms.